The Hall–Kier alpha value is -3.57. The Morgan fingerprint density at radius 3 is 2.40 bits per heavy atom. The maximum Gasteiger partial charge on any atom is 0.244 e. The number of thiazole rings is 1. The van der Waals surface area contributed by atoms with Gasteiger partial charge < -0.3 is 5.32 Å². The SMILES string of the molecule is O=C(/C=C/c1ccc(F)cc1)NCc1ccc(-c2nc(-c3ccccc3)cs2)cc1. The van der Waals surface area contributed by atoms with Crippen molar-refractivity contribution in [2.75, 3.05) is 0 Å². The molecule has 5 heteroatoms. The Morgan fingerprint density at radius 1 is 0.933 bits per heavy atom. The van der Waals surface area contributed by atoms with E-state index in [9.17, 15) is 9.18 Å². The number of carbonyl (C=O) groups is 1. The smallest absolute Gasteiger partial charge is 0.244 e. The third kappa shape index (κ3) is 5.07. The lowest BCUT2D eigenvalue weighted by molar-refractivity contribution is -0.116. The van der Waals surface area contributed by atoms with Gasteiger partial charge in [0.25, 0.3) is 0 Å². The van der Waals surface area contributed by atoms with Gasteiger partial charge in [-0.15, -0.1) is 11.3 Å². The molecule has 0 saturated heterocycles. The summed E-state index contributed by atoms with van der Waals surface area (Å²) in [5.74, 6) is -0.495. The summed E-state index contributed by atoms with van der Waals surface area (Å²) in [6.07, 6.45) is 3.10. The molecule has 4 rings (SSSR count). The van der Waals surface area contributed by atoms with Gasteiger partial charge in [-0.1, -0.05) is 66.7 Å². The van der Waals surface area contributed by atoms with Crippen molar-refractivity contribution in [1.82, 2.24) is 10.3 Å². The van der Waals surface area contributed by atoms with Gasteiger partial charge in [0.15, 0.2) is 0 Å². The first kappa shape index (κ1) is 19.7. The monoisotopic (exact) mass is 414 g/mol. The zero-order valence-corrected chi connectivity index (χ0v) is 16.9. The van der Waals surface area contributed by atoms with Crippen LogP contribution < -0.4 is 5.32 Å². The Kier molecular flexibility index (Phi) is 6.11. The normalized spacial score (nSPS) is 11.0. The summed E-state index contributed by atoms with van der Waals surface area (Å²) in [4.78, 5) is 16.7. The minimum atomic E-state index is -0.297. The van der Waals surface area contributed by atoms with E-state index in [1.807, 2.05) is 42.5 Å². The Morgan fingerprint density at radius 2 is 1.67 bits per heavy atom. The van der Waals surface area contributed by atoms with Crippen molar-refractivity contribution in [3.8, 4) is 21.8 Å². The van der Waals surface area contributed by atoms with Crippen molar-refractivity contribution >= 4 is 23.3 Å². The zero-order chi connectivity index (χ0) is 20.8. The van der Waals surface area contributed by atoms with E-state index in [1.54, 1.807) is 29.5 Å². The van der Waals surface area contributed by atoms with Gasteiger partial charge in [-0.05, 0) is 29.3 Å². The van der Waals surface area contributed by atoms with Crippen LogP contribution in [0.1, 0.15) is 11.1 Å². The van der Waals surface area contributed by atoms with Crippen molar-refractivity contribution in [1.29, 1.82) is 0 Å². The van der Waals surface area contributed by atoms with E-state index in [4.69, 9.17) is 4.98 Å². The molecule has 0 aliphatic carbocycles. The number of nitrogens with zero attached hydrogens (tertiary/aromatic N) is 1. The highest BCUT2D eigenvalue weighted by molar-refractivity contribution is 7.13. The van der Waals surface area contributed by atoms with E-state index < -0.39 is 0 Å². The summed E-state index contributed by atoms with van der Waals surface area (Å²) in [7, 11) is 0. The van der Waals surface area contributed by atoms with Crippen molar-refractivity contribution in [3.63, 3.8) is 0 Å². The number of halogens is 1. The lowest BCUT2D eigenvalue weighted by Crippen LogP contribution is -2.20. The summed E-state index contributed by atoms with van der Waals surface area (Å²) in [6, 6.07) is 24.1. The summed E-state index contributed by atoms with van der Waals surface area (Å²) in [6.45, 7) is 0.431. The summed E-state index contributed by atoms with van der Waals surface area (Å²) in [5.41, 5.74) is 4.90. The standard InChI is InChI=1S/C25H19FN2OS/c26-22-13-8-18(9-14-22)10-15-24(29)27-16-19-6-11-21(12-7-19)25-28-23(17-30-25)20-4-2-1-3-5-20/h1-15,17H,16H2,(H,27,29)/b15-10+. The number of rotatable bonds is 6. The number of hydrogen-bond donors (Lipinski definition) is 1. The van der Waals surface area contributed by atoms with Gasteiger partial charge in [0.05, 0.1) is 5.69 Å². The van der Waals surface area contributed by atoms with Crippen LogP contribution in [-0.2, 0) is 11.3 Å². The van der Waals surface area contributed by atoms with Gasteiger partial charge in [0.2, 0.25) is 5.91 Å². The van der Waals surface area contributed by atoms with Crippen molar-refractivity contribution in [2.24, 2.45) is 0 Å². The highest BCUT2D eigenvalue weighted by Gasteiger charge is 2.07. The van der Waals surface area contributed by atoms with Gasteiger partial charge in [-0.2, -0.15) is 0 Å². The second-order valence-electron chi connectivity index (χ2n) is 6.70. The lowest BCUT2D eigenvalue weighted by Gasteiger charge is -2.04. The molecule has 0 fully saturated rings. The fraction of sp³-hybridized carbons (Fsp3) is 0.0400. The molecule has 0 unspecified atom stereocenters. The number of hydrogen-bond acceptors (Lipinski definition) is 3. The second-order valence-corrected chi connectivity index (χ2v) is 7.56. The number of amides is 1. The largest absolute Gasteiger partial charge is 0.348 e. The van der Waals surface area contributed by atoms with Crippen LogP contribution in [0.2, 0.25) is 0 Å². The molecule has 3 nitrogen and oxygen atoms in total. The van der Waals surface area contributed by atoms with Crippen LogP contribution >= 0.6 is 11.3 Å². The van der Waals surface area contributed by atoms with Crippen LogP contribution in [0.5, 0.6) is 0 Å². The molecular formula is C25H19FN2OS. The van der Waals surface area contributed by atoms with Crippen LogP contribution in [-0.4, -0.2) is 10.9 Å². The Bertz CT molecular complexity index is 1150. The first-order valence-corrected chi connectivity index (χ1v) is 10.4. The van der Waals surface area contributed by atoms with Gasteiger partial charge in [-0.3, -0.25) is 4.79 Å². The van der Waals surface area contributed by atoms with E-state index in [2.05, 4.69) is 22.8 Å². The third-order valence-corrected chi connectivity index (χ3v) is 5.43. The van der Waals surface area contributed by atoms with Gasteiger partial charge >= 0.3 is 0 Å². The summed E-state index contributed by atoms with van der Waals surface area (Å²) < 4.78 is 12.9. The molecule has 0 atom stereocenters. The number of aromatic nitrogens is 1. The highest BCUT2D eigenvalue weighted by Crippen LogP contribution is 2.28. The number of carbonyl (C=O) groups excluding carboxylic acids is 1. The second kappa shape index (κ2) is 9.29. The summed E-state index contributed by atoms with van der Waals surface area (Å²) >= 11 is 1.61. The van der Waals surface area contributed by atoms with Crippen molar-refractivity contribution in [3.05, 3.63) is 107 Å². The average molecular weight is 415 g/mol. The molecule has 1 heterocycles. The van der Waals surface area contributed by atoms with Crippen molar-refractivity contribution in [2.45, 2.75) is 6.54 Å². The van der Waals surface area contributed by atoms with E-state index in [1.165, 1.54) is 18.2 Å². The average Bonchev–Trinajstić information content (AvgIpc) is 3.29. The van der Waals surface area contributed by atoms with Crippen LogP contribution in [0, 0.1) is 5.82 Å². The number of nitrogens with one attached hydrogen (secondary N) is 1. The molecule has 0 radical (unpaired) electrons. The molecule has 0 saturated carbocycles. The molecule has 0 aliphatic rings. The quantitative estimate of drug-likeness (QED) is 0.396. The lowest BCUT2D eigenvalue weighted by atomic mass is 10.1. The van der Waals surface area contributed by atoms with Crippen LogP contribution in [0.3, 0.4) is 0 Å². The molecule has 30 heavy (non-hydrogen) atoms. The van der Waals surface area contributed by atoms with Crippen molar-refractivity contribution < 1.29 is 9.18 Å². The molecule has 0 aliphatic heterocycles. The van der Waals surface area contributed by atoms with Crippen LogP contribution in [0.4, 0.5) is 4.39 Å². The molecule has 1 amide bonds. The van der Waals surface area contributed by atoms with E-state index in [-0.39, 0.29) is 11.7 Å². The zero-order valence-electron chi connectivity index (χ0n) is 16.1. The van der Waals surface area contributed by atoms with Gasteiger partial charge in [0.1, 0.15) is 10.8 Å². The molecule has 148 valence electrons. The van der Waals surface area contributed by atoms with E-state index in [0.717, 1.165) is 33.0 Å². The molecule has 4 aromatic rings. The molecule has 1 N–H and O–H groups in total. The van der Waals surface area contributed by atoms with Gasteiger partial charge in [0, 0.05) is 29.1 Å². The maximum atomic E-state index is 12.9. The first-order chi connectivity index (χ1) is 14.7. The molecule has 1 aromatic heterocycles. The number of benzene rings is 3. The fourth-order valence-corrected chi connectivity index (χ4v) is 3.74. The minimum Gasteiger partial charge on any atom is -0.348 e. The Labute approximate surface area is 178 Å². The van der Waals surface area contributed by atoms with E-state index in [0.29, 0.717) is 6.54 Å². The highest BCUT2D eigenvalue weighted by atomic mass is 32.1. The predicted octanol–water partition coefficient (Wildman–Crippen LogP) is 5.95. The minimum absolute atomic E-state index is 0.198. The first-order valence-electron chi connectivity index (χ1n) is 9.49. The third-order valence-electron chi connectivity index (χ3n) is 4.54. The van der Waals surface area contributed by atoms with E-state index >= 15 is 0 Å². The van der Waals surface area contributed by atoms with Crippen LogP contribution in [0.25, 0.3) is 27.9 Å². The molecule has 0 spiro atoms. The van der Waals surface area contributed by atoms with Gasteiger partial charge in [-0.25, -0.2) is 9.37 Å². The predicted molar refractivity (Wildman–Crippen MR) is 120 cm³/mol. The molecule has 0 bridgehead atoms. The molecule has 3 aromatic carbocycles. The Balaban J connectivity index is 1.34. The maximum absolute atomic E-state index is 12.9. The molecular weight excluding hydrogens is 395 g/mol. The fourth-order valence-electron chi connectivity index (χ4n) is 2.91. The topological polar surface area (TPSA) is 42.0 Å². The van der Waals surface area contributed by atoms with Crippen LogP contribution in [0.15, 0.2) is 90.3 Å². The summed E-state index contributed by atoms with van der Waals surface area (Å²) in [5, 5.41) is 5.88.